The van der Waals surface area contributed by atoms with Crippen LogP contribution in [0.1, 0.15) is 37.5 Å². The molecule has 0 aliphatic heterocycles. The lowest BCUT2D eigenvalue weighted by molar-refractivity contribution is -0.380. The van der Waals surface area contributed by atoms with E-state index >= 15 is 0 Å². The van der Waals surface area contributed by atoms with Gasteiger partial charge in [0.2, 0.25) is 0 Å². The number of aliphatic hydroxyl groups excluding tert-OH is 1. The predicted molar refractivity (Wildman–Crippen MR) is 75.3 cm³/mol. The van der Waals surface area contributed by atoms with E-state index in [1.54, 1.807) is 6.07 Å². The first-order valence-corrected chi connectivity index (χ1v) is 7.45. The van der Waals surface area contributed by atoms with Crippen LogP contribution in [0.2, 0.25) is 0 Å². The van der Waals surface area contributed by atoms with E-state index in [-0.39, 0.29) is 22.1 Å². The highest BCUT2D eigenvalue weighted by atomic mass is 32.1. The third-order valence-corrected chi connectivity index (χ3v) is 5.04. The van der Waals surface area contributed by atoms with E-state index in [0.717, 1.165) is 36.5 Å². The minimum Gasteiger partial charge on any atom is -0.394 e. The Morgan fingerprint density at radius 1 is 1.53 bits per heavy atom. The van der Waals surface area contributed by atoms with Crippen molar-refractivity contribution in [2.24, 2.45) is 5.92 Å². The summed E-state index contributed by atoms with van der Waals surface area (Å²) < 4.78 is 0. The molecule has 2 N–H and O–H groups in total. The molecule has 1 aliphatic rings. The molecule has 0 aromatic carbocycles. The number of aliphatic hydroxyl groups is 1. The molecule has 5 nitrogen and oxygen atoms in total. The molecule has 0 radical (unpaired) electrons. The Balaban J connectivity index is 1.93. The van der Waals surface area contributed by atoms with Crippen molar-refractivity contribution in [3.05, 3.63) is 27.1 Å². The van der Waals surface area contributed by atoms with Crippen LogP contribution in [0.5, 0.6) is 0 Å². The minimum absolute atomic E-state index is 0.132. The second kappa shape index (κ2) is 5.98. The monoisotopic (exact) mass is 284 g/mol. The van der Waals surface area contributed by atoms with Crippen LogP contribution >= 0.6 is 11.3 Å². The Morgan fingerprint density at radius 3 is 2.74 bits per heavy atom. The van der Waals surface area contributed by atoms with Crippen LogP contribution in [0.15, 0.2) is 12.1 Å². The highest BCUT2D eigenvalue weighted by molar-refractivity contribution is 7.15. The summed E-state index contributed by atoms with van der Waals surface area (Å²) in [5, 5.41) is 23.8. The lowest BCUT2D eigenvalue weighted by Crippen LogP contribution is -2.50. The molecule has 1 aliphatic carbocycles. The number of nitro groups is 1. The third kappa shape index (κ3) is 3.52. The number of thiophene rings is 1. The van der Waals surface area contributed by atoms with Crippen molar-refractivity contribution >= 4 is 16.3 Å². The van der Waals surface area contributed by atoms with Crippen LogP contribution in [0.4, 0.5) is 5.00 Å². The van der Waals surface area contributed by atoms with Gasteiger partial charge in [-0.15, -0.1) is 0 Å². The number of nitrogens with one attached hydrogen (secondary N) is 1. The van der Waals surface area contributed by atoms with Gasteiger partial charge in [-0.05, 0) is 37.7 Å². The first-order valence-electron chi connectivity index (χ1n) is 6.64. The Labute approximate surface area is 116 Å². The molecule has 19 heavy (non-hydrogen) atoms. The number of rotatable bonds is 5. The van der Waals surface area contributed by atoms with Crippen molar-refractivity contribution in [2.45, 2.75) is 44.7 Å². The summed E-state index contributed by atoms with van der Waals surface area (Å²) in [5.74, 6) is 0.726. The Hall–Kier alpha value is -0.980. The van der Waals surface area contributed by atoms with Crippen molar-refractivity contribution in [1.82, 2.24) is 5.32 Å². The van der Waals surface area contributed by atoms with Gasteiger partial charge in [0.25, 0.3) is 0 Å². The van der Waals surface area contributed by atoms with E-state index < -0.39 is 0 Å². The van der Waals surface area contributed by atoms with E-state index in [0.29, 0.717) is 6.54 Å². The molecule has 1 heterocycles. The molecular weight excluding hydrogens is 264 g/mol. The number of hydrogen-bond donors (Lipinski definition) is 2. The topological polar surface area (TPSA) is 75.4 Å². The summed E-state index contributed by atoms with van der Waals surface area (Å²) in [6.07, 6.45) is 4.19. The van der Waals surface area contributed by atoms with Gasteiger partial charge in [-0.3, -0.25) is 10.1 Å². The van der Waals surface area contributed by atoms with Crippen LogP contribution in [-0.2, 0) is 6.54 Å². The molecule has 1 fully saturated rings. The molecule has 0 spiro atoms. The molecule has 0 saturated heterocycles. The summed E-state index contributed by atoms with van der Waals surface area (Å²) in [5.41, 5.74) is -0.203. The average Bonchev–Trinajstić information content (AvgIpc) is 2.88. The second-order valence-corrected chi connectivity index (χ2v) is 6.62. The Kier molecular flexibility index (Phi) is 4.54. The Morgan fingerprint density at radius 2 is 2.21 bits per heavy atom. The van der Waals surface area contributed by atoms with Gasteiger partial charge < -0.3 is 10.4 Å². The van der Waals surface area contributed by atoms with Crippen LogP contribution in [0.3, 0.4) is 0 Å². The van der Waals surface area contributed by atoms with Crippen LogP contribution in [0, 0.1) is 16.0 Å². The van der Waals surface area contributed by atoms with Gasteiger partial charge in [0.1, 0.15) is 0 Å². The van der Waals surface area contributed by atoms with Gasteiger partial charge in [-0.25, -0.2) is 0 Å². The van der Waals surface area contributed by atoms with Gasteiger partial charge in [0, 0.05) is 23.0 Å². The number of nitrogens with zero attached hydrogens (tertiary/aromatic N) is 1. The molecule has 1 saturated carbocycles. The average molecular weight is 284 g/mol. The summed E-state index contributed by atoms with van der Waals surface area (Å²) >= 11 is 1.20. The largest absolute Gasteiger partial charge is 0.394 e. The maximum atomic E-state index is 10.6. The molecule has 2 rings (SSSR count). The van der Waals surface area contributed by atoms with Gasteiger partial charge in [-0.1, -0.05) is 18.3 Å². The van der Waals surface area contributed by atoms with E-state index in [1.165, 1.54) is 17.4 Å². The molecule has 0 bridgehead atoms. The standard InChI is InChI=1S/C13H20N2O3S/c1-10-4-6-13(9-16,7-5-10)14-8-11-2-3-12(19-11)15(17)18/h2-3,10,14,16H,4-9H2,1H3. The van der Waals surface area contributed by atoms with E-state index in [1.807, 2.05) is 0 Å². The zero-order valence-electron chi connectivity index (χ0n) is 11.1. The second-order valence-electron chi connectivity index (χ2n) is 5.47. The molecule has 6 heteroatoms. The van der Waals surface area contributed by atoms with Crippen LogP contribution in [-0.4, -0.2) is 22.2 Å². The molecular formula is C13H20N2O3S. The third-order valence-electron chi connectivity index (χ3n) is 4.00. The normalized spacial score (nSPS) is 27.4. The lowest BCUT2D eigenvalue weighted by Gasteiger charge is -2.39. The SMILES string of the molecule is CC1CCC(CO)(NCc2ccc([N+](=O)[O-])s2)CC1. The van der Waals surface area contributed by atoms with Crippen molar-refractivity contribution in [2.75, 3.05) is 6.61 Å². The summed E-state index contributed by atoms with van der Waals surface area (Å²) in [6, 6.07) is 3.32. The first kappa shape index (κ1) is 14.4. The zero-order valence-corrected chi connectivity index (χ0v) is 11.9. The van der Waals surface area contributed by atoms with Gasteiger partial charge in [0.05, 0.1) is 11.5 Å². The molecule has 0 atom stereocenters. The first-order chi connectivity index (χ1) is 9.04. The van der Waals surface area contributed by atoms with Crippen molar-refractivity contribution in [1.29, 1.82) is 0 Å². The molecule has 0 amide bonds. The summed E-state index contributed by atoms with van der Waals surface area (Å²) in [6.45, 7) is 2.96. The van der Waals surface area contributed by atoms with Crippen molar-refractivity contribution in [3.63, 3.8) is 0 Å². The molecule has 1 aromatic rings. The fraction of sp³-hybridized carbons (Fsp3) is 0.692. The number of hydrogen-bond acceptors (Lipinski definition) is 5. The van der Waals surface area contributed by atoms with E-state index in [9.17, 15) is 15.2 Å². The highest BCUT2D eigenvalue weighted by Gasteiger charge is 2.33. The van der Waals surface area contributed by atoms with Crippen LogP contribution < -0.4 is 5.32 Å². The maximum absolute atomic E-state index is 10.6. The van der Waals surface area contributed by atoms with Gasteiger partial charge in [-0.2, -0.15) is 0 Å². The molecule has 1 aromatic heterocycles. The predicted octanol–water partition coefficient (Wildman–Crippen LogP) is 2.69. The highest BCUT2D eigenvalue weighted by Crippen LogP contribution is 2.32. The maximum Gasteiger partial charge on any atom is 0.324 e. The summed E-state index contributed by atoms with van der Waals surface area (Å²) in [4.78, 5) is 11.2. The van der Waals surface area contributed by atoms with E-state index in [4.69, 9.17) is 0 Å². The van der Waals surface area contributed by atoms with Crippen molar-refractivity contribution in [3.8, 4) is 0 Å². The molecule has 106 valence electrons. The fourth-order valence-corrected chi connectivity index (χ4v) is 3.30. The summed E-state index contributed by atoms with van der Waals surface area (Å²) in [7, 11) is 0. The quantitative estimate of drug-likeness (QED) is 0.644. The smallest absolute Gasteiger partial charge is 0.324 e. The fourth-order valence-electron chi connectivity index (χ4n) is 2.54. The van der Waals surface area contributed by atoms with Gasteiger partial charge >= 0.3 is 5.00 Å². The molecule has 0 unspecified atom stereocenters. The minimum atomic E-state index is -0.363. The Bertz CT molecular complexity index is 439. The zero-order chi connectivity index (χ0) is 13.9. The van der Waals surface area contributed by atoms with E-state index in [2.05, 4.69) is 12.2 Å². The van der Waals surface area contributed by atoms with Gasteiger partial charge in [0.15, 0.2) is 0 Å². The van der Waals surface area contributed by atoms with Crippen LogP contribution in [0.25, 0.3) is 0 Å². The van der Waals surface area contributed by atoms with Crippen molar-refractivity contribution < 1.29 is 10.0 Å². The lowest BCUT2D eigenvalue weighted by atomic mass is 9.77.